The molecule has 160 valence electrons. The maximum absolute atomic E-state index is 12.5. The van der Waals surface area contributed by atoms with Crippen LogP contribution in [0.4, 0.5) is 4.79 Å². The number of rotatable bonds is 6. The molecule has 0 aromatic heterocycles. The molecule has 2 atom stereocenters. The quantitative estimate of drug-likeness (QED) is 0.349. The summed E-state index contributed by atoms with van der Waals surface area (Å²) in [6.45, 7) is 6.78. The van der Waals surface area contributed by atoms with Gasteiger partial charge in [-0.3, -0.25) is 9.79 Å². The molecule has 0 radical (unpaired) electrons. The van der Waals surface area contributed by atoms with Crippen LogP contribution in [0.1, 0.15) is 46.5 Å². The number of nitrogens with zero attached hydrogens (tertiary/aromatic N) is 2. The number of carbonyl (C=O) groups is 2. The molecule has 0 aromatic carbocycles. The van der Waals surface area contributed by atoms with Crippen molar-refractivity contribution in [3.05, 3.63) is 0 Å². The monoisotopic (exact) mass is 397 g/mol. The maximum atomic E-state index is 12.5. The molecule has 0 saturated carbocycles. The molecule has 2 heterocycles. The zero-order valence-electron chi connectivity index (χ0n) is 17.7. The third kappa shape index (κ3) is 6.54. The molecule has 9 heteroatoms. The number of piperidine rings is 1. The molecule has 2 bridgehead atoms. The second kappa shape index (κ2) is 9.95. The van der Waals surface area contributed by atoms with Gasteiger partial charge in [0.15, 0.2) is 5.96 Å². The van der Waals surface area contributed by atoms with E-state index in [9.17, 15) is 9.59 Å². The first-order chi connectivity index (χ1) is 13.2. The summed E-state index contributed by atoms with van der Waals surface area (Å²) >= 11 is 0. The zero-order valence-corrected chi connectivity index (χ0v) is 17.7. The van der Waals surface area contributed by atoms with Gasteiger partial charge >= 0.3 is 6.09 Å². The summed E-state index contributed by atoms with van der Waals surface area (Å²) in [5, 5.41) is 9.19. The number of carbonyl (C=O) groups excluding carboxylic acids is 2. The van der Waals surface area contributed by atoms with Gasteiger partial charge in [-0.15, -0.1) is 0 Å². The van der Waals surface area contributed by atoms with Crippen LogP contribution >= 0.6 is 0 Å². The lowest BCUT2D eigenvalue weighted by atomic mass is 9.98. The van der Waals surface area contributed by atoms with Crippen LogP contribution in [0.2, 0.25) is 0 Å². The van der Waals surface area contributed by atoms with Crippen LogP contribution in [0.15, 0.2) is 4.99 Å². The Bertz CT molecular complexity index is 561. The molecule has 3 N–H and O–H groups in total. The number of aliphatic imine (C=N–C) groups is 1. The van der Waals surface area contributed by atoms with Crippen molar-refractivity contribution in [1.82, 2.24) is 20.9 Å². The van der Waals surface area contributed by atoms with Gasteiger partial charge < -0.3 is 30.3 Å². The number of amides is 2. The molecule has 0 spiro atoms. The summed E-state index contributed by atoms with van der Waals surface area (Å²) in [4.78, 5) is 30.5. The number of hydrogen-bond donors (Lipinski definition) is 3. The van der Waals surface area contributed by atoms with Crippen LogP contribution in [0, 0.1) is 0 Å². The fourth-order valence-corrected chi connectivity index (χ4v) is 3.81. The Balaban J connectivity index is 1.81. The van der Waals surface area contributed by atoms with Crippen molar-refractivity contribution < 1.29 is 19.1 Å². The molecular formula is C19H35N5O4. The molecule has 2 aliphatic rings. The minimum Gasteiger partial charge on any atom is -0.444 e. The Labute approximate surface area is 167 Å². The van der Waals surface area contributed by atoms with E-state index >= 15 is 0 Å². The minimum absolute atomic E-state index is 0.111. The van der Waals surface area contributed by atoms with Crippen molar-refractivity contribution in [3.8, 4) is 0 Å². The lowest BCUT2D eigenvalue weighted by molar-refractivity contribution is -0.120. The van der Waals surface area contributed by atoms with E-state index in [0.717, 1.165) is 25.7 Å². The van der Waals surface area contributed by atoms with Crippen LogP contribution in [0.3, 0.4) is 0 Å². The number of methoxy groups -OCH3 is 1. The van der Waals surface area contributed by atoms with E-state index in [1.165, 1.54) is 0 Å². The van der Waals surface area contributed by atoms with Crippen molar-refractivity contribution in [3.63, 3.8) is 0 Å². The average Bonchev–Trinajstić information content (AvgIpc) is 2.88. The molecule has 2 unspecified atom stereocenters. The van der Waals surface area contributed by atoms with E-state index in [4.69, 9.17) is 9.47 Å². The van der Waals surface area contributed by atoms with Crippen molar-refractivity contribution in [1.29, 1.82) is 0 Å². The molecule has 2 aliphatic heterocycles. The summed E-state index contributed by atoms with van der Waals surface area (Å²) in [5.41, 5.74) is -0.485. The van der Waals surface area contributed by atoms with Crippen molar-refractivity contribution in [2.75, 3.05) is 33.9 Å². The fourth-order valence-electron chi connectivity index (χ4n) is 3.81. The number of hydrogen-bond acceptors (Lipinski definition) is 5. The predicted octanol–water partition coefficient (Wildman–Crippen LogP) is 0.845. The summed E-state index contributed by atoms with van der Waals surface area (Å²) in [6.07, 6.45) is 3.47. The van der Waals surface area contributed by atoms with E-state index in [2.05, 4.69) is 20.9 Å². The molecule has 2 amide bonds. The highest BCUT2D eigenvalue weighted by Crippen LogP contribution is 2.36. The van der Waals surface area contributed by atoms with Crippen molar-refractivity contribution in [2.24, 2.45) is 4.99 Å². The molecule has 2 rings (SSSR count). The standard InChI is InChI=1S/C19H35N5O4/c1-19(2,3)28-18(26)24-14-6-7-15(24)11-13(10-14)23-17(20-4)22-12-16(25)21-8-9-27-5/h13-15H,6-12H2,1-5H3,(H,21,25)(H2,20,22,23). The first-order valence-corrected chi connectivity index (χ1v) is 9.97. The zero-order chi connectivity index (χ0) is 20.7. The molecule has 0 aliphatic carbocycles. The van der Waals surface area contributed by atoms with Crippen LogP contribution in [0.5, 0.6) is 0 Å². The Morgan fingerprint density at radius 3 is 2.32 bits per heavy atom. The van der Waals surface area contributed by atoms with Gasteiger partial charge in [0.2, 0.25) is 5.91 Å². The van der Waals surface area contributed by atoms with E-state index in [1.807, 2.05) is 25.7 Å². The van der Waals surface area contributed by atoms with Gasteiger partial charge in [0.05, 0.1) is 13.2 Å². The summed E-state index contributed by atoms with van der Waals surface area (Å²) in [6, 6.07) is 0.571. The van der Waals surface area contributed by atoms with Crippen LogP contribution in [0.25, 0.3) is 0 Å². The average molecular weight is 398 g/mol. The Morgan fingerprint density at radius 2 is 1.79 bits per heavy atom. The van der Waals surface area contributed by atoms with Gasteiger partial charge in [-0.25, -0.2) is 4.79 Å². The Morgan fingerprint density at radius 1 is 1.14 bits per heavy atom. The molecule has 0 aromatic rings. The third-order valence-corrected chi connectivity index (χ3v) is 4.95. The number of ether oxygens (including phenoxy) is 2. The third-order valence-electron chi connectivity index (χ3n) is 4.95. The van der Waals surface area contributed by atoms with Crippen LogP contribution < -0.4 is 16.0 Å². The fraction of sp³-hybridized carbons (Fsp3) is 0.842. The van der Waals surface area contributed by atoms with Gasteiger partial charge in [-0.2, -0.15) is 0 Å². The second-order valence-corrected chi connectivity index (χ2v) is 8.35. The van der Waals surface area contributed by atoms with Gasteiger partial charge in [0.25, 0.3) is 0 Å². The lowest BCUT2D eigenvalue weighted by Gasteiger charge is -2.40. The van der Waals surface area contributed by atoms with Crippen LogP contribution in [-0.4, -0.2) is 80.4 Å². The Hall–Kier alpha value is -2.03. The van der Waals surface area contributed by atoms with Crippen molar-refractivity contribution in [2.45, 2.75) is 70.2 Å². The minimum atomic E-state index is -0.485. The highest BCUT2D eigenvalue weighted by atomic mass is 16.6. The first kappa shape index (κ1) is 22.3. The first-order valence-electron chi connectivity index (χ1n) is 9.97. The van der Waals surface area contributed by atoms with E-state index < -0.39 is 5.60 Å². The predicted molar refractivity (Wildman–Crippen MR) is 107 cm³/mol. The second-order valence-electron chi connectivity index (χ2n) is 8.35. The number of fused-ring (bicyclic) bond motifs is 2. The topological polar surface area (TPSA) is 104 Å². The lowest BCUT2D eigenvalue weighted by Crippen LogP contribution is -2.55. The SMILES string of the molecule is CN=C(NCC(=O)NCCOC)NC1CC2CCC(C1)N2C(=O)OC(C)(C)C. The molecule has 2 fully saturated rings. The van der Waals surface area contributed by atoms with E-state index in [0.29, 0.717) is 19.1 Å². The summed E-state index contributed by atoms with van der Waals surface area (Å²) in [7, 11) is 3.28. The maximum Gasteiger partial charge on any atom is 0.410 e. The van der Waals surface area contributed by atoms with E-state index in [-0.39, 0.29) is 36.7 Å². The van der Waals surface area contributed by atoms with Gasteiger partial charge in [-0.05, 0) is 46.5 Å². The largest absolute Gasteiger partial charge is 0.444 e. The highest BCUT2D eigenvalue weighted by Gasteiger charge is 2.45. The highest BCUT2D eigenvalue weighted by molar-refractivity contribution is 5.86. The normalized spacial score (nSPS) is 24.7. The molecule has 2 saturated heterocycles. The molecule has 28 heavy (non-hydrogen) atoms. The van der Waals surface area contributed by atoms with Crippen LogP contribution in [-0.2, 0) is 14.3 Å². The van der Waals surface area contributed by atoms with Gasteiger partial charge in [0, 0.05) is 38.8 Å². The summed E-state index contributed by atoms with van der Waals surface area (Å²) < 4.78 is 10.5. The smallest absolute Gasteiger partial charge is 0.410 e. The molecule has 9 nitrogen and oxygen atoms in total. The Kier molecular flexibility index (Phi) is 7.91. The number of guanidine groups is 1. The molecular weight excluding hydrogens is 362 g/mol. The summed E-state index contributed by atoms with van der Waals surface area (Å²) in [5.74, 6) is 0.483. The van der Waals surface area contributed by atoms with E-state index in [1.54, 1.807) is 14.2 Å². The van der Waals surface area contributed by atoms with Crippen molar-refractivity contribution >= 4 is 18.0 Å². The van der Waals surface area contributed by atoms with Gasteiger partial charge in [-0.1, -0.05) is 0 Å². The number of nitrogens with one attached hydrogen (secondary N) is 3. The van der Waals surface area contributed by atoms with Gasteiger partial charge in [0.1, 0.15) is 5.60 Å².